The normalized spacial score (nSPS) is 21.8. The third-order valence-electron chi connectivity index (χ3n) is 6.64. The highest BCUT2D eigenvalue weighted by molar-refractivity contribution is 5.62. The fourth-order valence-electron chi connectivity index (χ4n) is 4.92. The first kappa shape index (κ1) is 19.3. The molecule has 0 radical (unpaired) electrons. The number of hydrogen-bond acceptors (Lipinski definition) is 2. The Hall–Kier alpha value is -2.72. The zero-order valence-electron chi connectivity index (χ0n) is 17.5. The first-order chi connectivity index (χ1) is 14.6. The van der Waals surface area contributed by atoms with E-state index in [1.54, 1.807) is 12.1 Å². The summed E-state index contributed by atoms with van der Waals surface area (Å²) < 4.78 is 21.3. The predicted octanol–water partition coefficient (Wildman–Crippen LogP) is 6.15. The minimum atomic E-state index is -0.229. The largest absolute Gasteiger partial charge is 0.377 e. The van der Waals surface area contributed by atoms with Crippen LogP contribution in [0.3, 0.4) is 0 Å². The van der Waals surface area contributed by atoms with Crippen molar-refractivity contribution in [3.8, 4) is 5.69 Å². The number of aromatic nitrogens is 2. The van der Waals surface area contributed by atoms with E-state index in [0.29, 0.717) is 5.92 Å². The highest BCUT2D eigenvalue weighted by Gasteiger charge is 2.43. The molecule has 154 valence electrons. The van der Waals surface area contributed by atoms with Crippen molar-refractivity contribution in [1.29, 1.82) is 0 Å². The molecule has 3 nitrogen and oxygen atoms in total. The number of allylic oxidation sites excluding steroid dienone is 1. The molecule has 2 aromatic carbocycles. The maximum absolute atomic E-state index is 13.4. The topological polar surface area (TPSA) is 27.1 Å². The molecule has 1 saturated carbocycles. The number of nitrogens with zero attached hydrogens (tertiary/aromatic N) is 2. The van der Waals surface area contributed by atoms with E-state index < -0.39 is 0 Å². The number of hydrogen-bond donors (Lipinski definition) is 0. The Labute approximate surface area is 177 Å². The van der Waals surface area contributed by atoms with E-state index in [1.165, 1.54) is 41.7 Å². The van der Waals surface area contributed by atoms with Crippen molar-refractivity contribution in [2.45, 2.75) is 38.7 Å². The van der Waals surface area contributed by atoms with E-state index >= 15 is 0 Å². The van der Waals surface area contributed by atoms with Gasteiger partial charge in [0.05, 0.1) is 23.7 Å². The highest BCUT2D eigenvalue weighted by Crippen LogP contribution is 2.53. The monoisotopic (exact) mass is 402 g/mol. The maximum atomic E-state index is 13.4. The molecular weight excluding hydrogens is 375 g/mol. The van der Waals surface area contributed by atoms with Crippen molar-refractivity contribution < 1.29 is 9.13 Å². The van der Waals surface area contributed by atoms with E-state index in [9.17, 15) is 4.39 Å². The van der Waals surface area contributed by atoms with Crippen LogP contribution in [0.25, 0.3) is 11.8 Å². The van der Waals surface area contributed by atoms with Crippen LogP contribution >= 0.6 is 0 Å². The van der Waals surface area contributed by atoms with Gasteiger partial charge in [0.1, 0.15) is 5.82 Å². The van der Waals surface area contributed by atoms with E-state index in [4.69, 9.17) is 4.74 Å². The minimum Gasteiger partial charge on any atom is -0.377 e. The molecule has 30 heavy (non-hydrogen) atoms. The van der Waals surface area contributed by atoms with Gasteiger partial charge in [-0.1, -0.05) is 42.8 Å². The van der Waals surface area contributed by atoms with Crippen LogP contribution in [0.5, 0.6) is 0 Å². The number of rotatable bonds is 6. The van der Waals surface area contributed by atoms with Gasteiger partial charge in [-0.25, -0.2) is 9.07 Å². The molecule has 2 aliphatic rings. The quantitative estimate of drug-likeness (QED) is 0.495. The molecule has 0 N–H and O–H groups in total. The van der Waals surface area contributed by atoms with E-state index in [1.807, 2.05) is 24.1 Å². The zero-order chi connectivity index (χ0) is 20.7. The molecule has 4 heteroatoms. The molecule has 1 unspecified atom stereocenters. The fourth-order valence-corrected chi connectivity index (χ4v) is 4.92. The molecule has 0 bridgehead atoms. The number of fused-ring (bicyclic) bond motifs is 1. The molecule has 3 aromatic rings. The number of halogens is 1. The van der Waals surface area contributed by atoms with Crippen LogP contribution in [-0.4, -0.2) is 16.9 Å². The van der Waals surface area contributed by atoms with Gasteiger partial charge in [-0.2, -0.15) is 5.10 Å². The molecule has 1 fully saturated rings. The van der Waals surface area contributed by atoms with Crippen molar-refractivity contribution in [2.24, 2.45) is 11.3 Å². The summed E-state index contributed by atoms with van der Waals surface area (Å²) in [6, 6.07) is 17.1. The predicted molar refractivity (Wildman–Crippen MR) is 117 cm³/mol. The fraction of sp³-hybridized carbons (Fsp3) is 0.346. The van der Waals surface area contributed by atoms with E-state index in [2.05, 4.69) is 42.4 Å². The van der Waals surface area contributed by atoms with Crippen molar-refractivity contribution in [3.63, 3.8) is 0 Å². The zero-order valence-corrected chi connectivity index (χ0v) is 17.5. The Morgan fingerprint density at radius 3 is 2.53 bits per heavy atom. The van der Waals surface area contributed by atoms with Crippen molar-refractivity contribution in [1.82, 2.24) is 9.78 Å². The smallest absolute Gasteiger partial charge is 0.123 e. The van der Waals surface area contributed by atoms with Gasteiger partial charge < -0.3 is 4.74 Å². The lowest BCUT2D eigenvalue weighted by Gasteiger charge is -2.38. The molecule has 0 aliphatic heterocycles. The number of methoxy groups -OCH3 is 1. The third-order valence-corrected chi connectivity index (χ3v) is 6.64. The molecule has 2 aliphatic carbocycles. The Morgan fingerprint density at radius 2 is 1.87 bits per heavy atom. The minimum absolute atomic E-state index is 0.0291. The second kappa shape index (κ2) is 7.51. The third kappa shape index (κ3) is 3.50. The lowest BCUT2D eigenvalue weighted by molar-refractivity contribution is 0.0641. The second-order valence-corrected chi connectivity index (χ2v) is 8.89. The van der Waals surface area contributed by atoms with Gasteiger partial charge in [0.2, 0.25) is 0 Å². The van der Waals surface area contributed by atoms with Crippen molar-refractivity contribution >= 4 is 6.08 Å². The summed E-state index contributed by atoms with van der Waals surface area (Å²) in [4.78, 5) is 0. The van der Waals surface area contributed by atoms with Gasteiger partial charge in [-0.05, 0) is 78.5 Å². The summed E-state index contributed by atoms with van der Waals surface area (Å²) in [6.07, 6.45) is 8.78. The number of ether oxygens (including phenoxy) is 1. The van der Waals surface area contributed by atoms with Crippen LogP contribution in [0.2, 0.25) is 0 Å². The molecule has 0 spiro atoms. The van der Waals surface area contributed by atoms with Crippen molar-refractivity contribution in [2.75, 3.05) is 7.11 Å². The Balaban J connectivity index is 1.51. The van der Waals surface area contributed by atoms with Gasteiger partial charge in [-0.15, -0.1) is 0 Å². The SMILES string of the molecule is COC(C[C@@]1(C)Cc2cnn(-c3ccc(F)cc3)c2C=C1C1CC1)c1ccccc1. The molecule has 1 heterocycles. The molecule has 0 saturated heterocycles. The van der Waals surface area contributed by atoms with Crippen LogP contribution in [-0.2, 0) is 11.2 Å². The molecule has 5 rings (SSSR count). The van der Waals surface area contributed by atoms with Gasteiger partial charge >= 0.3 is 0 Å². The van der Waals surface area contributed by atoms with Crippen molar-refractivity contribution in [3.05, 3.63) is 89.0 Å². The van der Waals surface area contributed by atoms with Crippen LogP contribution in [0.15, 0.2) is 66.4 Å². The van der Waals surface area contributed by atoms with Gasteiger partial charge in [0, 0.05) is 7.11 Å². The summed E-state index contributed by atoms with van der Waals surface area (Å²) in [5, 5.41) is 4.65. The number of benzene rings is 2. The summed E-state index contributed by atoms with van der Waals surface area (Å²) in [7, 11) is 1.81. The maximum Gasteiger partial charge on any atom is 0.123 e. The summed E-state index contributed by atoms with van der Waals surface area (Å²) in [5.74, 6) is 0.418. The first-order valence-corrected chi connectivity index (χ1v) is 10.7. The highest BCUT2D eigenvalue weighted by atomic mass is 19.1. The summed E-state index contributed by atoms with van der Waals surface area (Å²) in [5.41, 5.74) is 6.04. The average Bonchev–Trinajstić information content (AvgIpc) is 3.53. The van der Waals surface area contributed by atoms with Crippen LogP contribution in [0.4, 0.5) is 4.39 Å². The molecule has 2 atom stereocenters. The summed E-state index contributed by atoms with van der Waals surface area (Å²) >= 11 is 0. The average molecular weight is 403 g/mol. The molecular formula is C26H27FN2O. The summed E-state index contributed by atoms with van der Waals surface area (Å²) in [6.45, 7) is 2.38. The van der Waals surface area contributed by atoms with E-state index in [-0.39, 0.29) is 17.3 Å². The molecule has 1 aromatic heterocycles. The standard InChI is InChI=1S/C26H27FN2O/c1-26(16-25(30-2)19-6-4-3-5-7-19)15-20-17-28-29(22-12-10-21(27)11-13-22)24(20)14-23(26)18-8-9-18/h3-7,10-14,17-18,25H,8-9,15-16H2,1-2H3/t25?,26-/m1/s1. The van der Waals surface area contributed by atoms with Crippen LogP contribution in [0, 0.1) is 17.2 Å². The lowest BCUT2D eigenvalue weighted by Crippen LogP contribution is -2.29. The Kier molecular flexibility index (Phi) is 4.82. The Bertz CT molecular complexity index is 1070. The Morgan fingerprint density at radius 1 is 1.13 bits per heavy atom. The van der Waals surface area contributed by atoms with Gasteiger partial charge in [0.15, 0.2) is 0 Å². The van der Waals surface area contributed by atoms with Crippen LogP contribution < -0.4 is 0 Å². The first-order valence-electron chi connectivity index (χ1n) is 10.7. The lowest BCUT2D eigenvalue weighted by atomic mass is 9.68. The van der Waals surface area contributed by atoms with E-state index in [0.717, 1.165) is 24.2 Å². The van der Waals surface area contributed by atoms with Crippen LogP contribution in [0.1, 0.15) is 49.1 Å². The van der Waals surface area contributed by atoms with Gasteiger partial charge in [-0.3, -0.25) is 0 Å². The van der Waals surface area contributed by atoms with Gasteiger partial charge in [0.25, 0.3) is 0 Å². The second-order valence-electron chi connectivity index (χ2n) is 8.89. The molecule has 0 amide bonds.